The molecule has 0 aliphatic rings. The molecule has 1 heterocycles. The van der Waals surface area contributed by atoms with Crippen LogP contribution in [0.4, 0.5) is 5.69 Å². The molecule has 0 aliphatic carbocycles. The SMILES string of the molecule is CC(C)C(Nc1ccc(=O)n(C)c1)c1ccccc1. The van der Waals surface area contributed by atoms with Gasteiger partial charge in [0, 0.05) is 19.3 Å². The maximum absolute atomic E-state index is 11.4. The van der Waals surface area contributed by atoms with Crippen molar-refractivity contribution in [1.29, 1.82) is 0 Å². The fraction of sp³-hybridized carbons (Fsp3) is 0.312. The molecule has 1 atom stereocenters. The van der Waals surface area contributed by atoms with Gasteiger partial charge in [0.05, 0.1) is 11.7 Å². The molecule has 0 saturated heterocycles. The zero-order valence-corrected chi connectivity index (χ0v) is 11.6. The van der Waals surface area contributed by atoms with Gasteiger partial charge in [0.25, 0.3) is 0 Å². The van der Waals surface area contributed by atoms with Crippen molar-refractivity contribution < 1.29 is 0 Å². The minimum atomic E-state index is 0.00589. The van der Waals surface area contributed by atoms with Crippen molar-refractivity contribution in [3.05, 3.63) is 64.6 Å². The van der Waals surface area contributed by atoms with Crippen molar-refractivity contribution in [2.45, 2.75) is 19.9 Å². The zero-order chi connectivity index (χ0) is 13.8. The quantitative estimate of drug-likeness (QED) is 0.911. The number of anilines is 1. The maximum Gasteiger partial charge on any atom is 0.250 e. The molecule has 0 aliphatic heterocycles. The van der Waals surface area contributed by atoms with Gasteiger partial charge in [0.15, 0.2) is 0 Å². The predicted octanol–water partition coefficient (Wildman–Crippen LogP) is 3.19. The summed E-state index contributed by atoms with van der Waals surface area (Å²) >= 11 is 0. The summed E-state index contributed by atoms with van der Waals surface area (Å²) in [7, 11) is 1.76. The van der Waals surface area contributed by atoms with Gasteiger partial charge in [-0.2, -0.15) is 0 Å². The molecular formula is C16H20N2O. The van der Waals surface area contributed by atoms with E-state index in [1.807, 2.05) is 30.5 Å². The molecule has 1 N–H and O–H groups in total. The molecule has 0 radical (unpaired) electrons. The van der Waals surface area contributed by atoms with Crippen molar-refractivity contribution in [3.8, 4) is 0 Å². The van der Waals surface area contributed by atoms with Crippen molar-refractivity contribution in [2.75, 3.05) is 5.32 Å². The fourth-order valence-electron chi connectivity index (χ4n) is 2.15. The molecule has 0 fully saturated rings. The van der Waals surface area contributed by atoms with E-state index in [1.165, 1.54) is 5.56 Å². The summed E-state index contributed by atoms with van der Waals surface area (Å²) < 4.78 is 1.59. The van der Waals surface area contributed by atoms with E-state index >= 15 is 0 Å². The Balaban J connectivity index is 2.27. The number of benzene rings is 1. The molecule has 0 saturated carbocycles. The van der Waals surface area contributed by atoms with Crippen LogP contribution in [0.25, 0.3) is 0 Å². The Hall–Kier alpha value is -2.03. The topological polar surface area (TPSA) is 34.0 Å². The van der Waals surface area contributed by atoms with Crippen LogP contribution in [0.1, 0.15) is 25.5 Å². The minimum absolute atomic E-state index is 0.00589. The van der Waals surface area contributed by atoms with Crippen LogP contribution in [0.2, 0.25) is 0 Å². The molecule has 1 unspecified atom stereocenters. The Kier molecular flexibility index (Phi) is 4.05. The standard InChI is InChI=1S/C16H20N2O/c1-12(2)16(13-7-5-4-6-8-13)17-14-9-10-15(19)18(3)11-14/h4-12,16-17H,1-3H3. The lowest BCUT2D eigenvalue weighted by Crippen LogP contribution is -2.20. The Morgan fingerprint density at radius 1 is 1.05 bits per heavy atom. The van der Waals surface area contributed by atoms with E-state index in [0.717, 1.165) is 5.69 Å². The molecule has 0 amide bonds. The number of rotatable bonds is 4. The second-order valence-corrected chi connectivity index (χ2v) is 5.14. The highest BCUT2D eigenvalue weighted by atomic mass is 16.1. The Labute approximate surface area is 113 Å². The number of aryl methyl sites for hydroxylation is 1. The number of hydrogen-bond acceptors (Lipinski definition) is 2. The van der Waals surface area contributed by atoms with E-state index < -0.39 is 0 Å². The normalized spacial score (nSPS) is 12.4. The average Bonchev–Trinajstić information content (AvgIpc) is 2.40. The molecule has 0 spiro atoms. The van der Waals surface area contributed by atoms with E-state index in [-0.39, 0.29) is 11.6 Å². The lowest BCUT2D eigenvalue weighted by molar-refractivity contribution is 0.546. The van der Waals surface area contributed by atoms with Crippen LogP contribution in [-0.2, 0) is 7.05 Å². The van der Waals surface area contributed by atoms with Gasteiger partial charge in [-0.25, -0.2) is 0 Å². The van der Waals surface area contributed by atoms with Crippen molar-refractivity contribution >= 4 is 5.69 Å². The van der Waals surface area contributed by atoms with Gasteiger partial charge >= 0.3 is 0 Å². The van der Waals surface area contributed by atoms with Gasteiger partial charge in [0.1, 0.15) is 0 Å². The largest absolute Gasteiger partial charge is 0.377 e. The van der Waals surface area contributed by atoms with Crippen LogP contribution >= 0.6 is 0 Å². The Morgan fingerprint density at radius 3 is 2.32 bits per heavy atom. The average molecular weight is 256 g/mol. The van der Waals surface area contributed by atoms with Gasteiger partial charge in [-0.3, -0.25) is 4.79 Å². The van der Waals surface area contributed by atoms with E-state index in [0.29, 0.717) is 5.92 Å². The van der Waals surface area contributed by atoms with Crippen molar-refractivity contribution in [1.82, 2.24) is 4.57 Å². The molecule has 1 aromatic heterocycles. The fourth-order valence-corrected chi connectivity index (χ4v) is 2.15. The number of nitrogens with one attached hydrogen (secondary N) is 1. The molecule has 2 rings (SSSR count). The van der Waals surface area contributed by atoms with Crippen LogP contribution < -0.4 is 10.9 Å². The highest BCUT2D eigenvalue weighted by molar-refractivity contribution is 5.43. The van der Waals surface area contributed by atoms with Gasteiger partial charge in [-0.15, -0.1) is 0 Å². The second kappa shape index (κ2) is 5.74. The first-order chi connectivity index (χ1) is 9.08. The predicted molar refractivity (Wildman–Crippen MR) is 79.3 cm³/mol. The summed E-state index contributed by atoms with van der Waals surface area (Å²) in [5.74, 6) is 0.458. The summed E-state index contributed by atoms with van der Waals surface area (Å²) in [4.78, 5) is 11.4. The monoisotopic (exact) mass is 256 g/mol. The van der Waals surface area contributed by atoms with E-state index in [1.54, 1.807) is 17.7 Å². The highest BCUT2D eigenvalue weighted by Crippen LogP contribution is 2.25. The van der Waals surface area contributed by atoms with E-state index in [4.69, 9.17) is 0 Å². The third-order valence-corrected chi connectivity index (χ3v) is 3.23. The minimum Gasteiger partial charge on any atom is -0.377 e. The molecule has 0 bridgehead atoms. The number of pyridine rings is 1. The van der Waals surface area contributed by atoms with Crippen molar-refractivity contribution in [2.24, 2.45) is 13.0 Å². The van der Waals surface area contributed by atoms with Gasteiger partial charge < -0.3 is 9.88 Å². The third kappa shape index (κ3) is 3.25. The van der Waals surface area contributed by atoms with Crippen LogP contribution in [0, 0.1) is 5.92 Å². The van der Waals surface area contributed by atoms with Crippen molar-refractivity contribution in [3.63, 3.8) is 0 Å². The molecular weight excluding hydrogens is 236 g/mol. The lowest BCUT2D eigenvalue weighted by atomic mass is 9.96. The molecule has 3 nitrogen and oxygen atoms in total. The first kappa shape index (κ1) is 13.4. The molecule has 1 aromatic carbocycles. The smallest absolute Gasteiger partial charge is 0.250 e. The van der Waals surface area contributed by atoms with Crippen LogP contribution in [-0.4, -0.2) is 4.57 Å². The number of nitrogens with zero attached hydrogens (tertiary/aromatic N) is 1. The summed E-state index contributed by atoms with van der Waals surface area (Å²) in [5.41, 5.74) is 2.22. The first-order valence-corrected chi connectivity index (χ1v) is 6.56. The molecule has 100 valence electrons. The van der Waals surface area contributed by atoms with Crippen LogP contribution in [0.5, 0.6) is 0 Å². The van der Waals surface area contributed by atoms with Gasteiger partial charge in [-0.05, 0) is 17.5 Å². The zero-order valence-electron chi connectivity index (χ0n) is 11.6. The summed E-state index contributed by atoms with van der Waals surface area (Å²) in [5, 5.41) is 3.50. The molecule has 2 aromatic rings. The Bertz CT molecular complexity index is 587. The van der Waals surface area contributed by atoms with E-state index in [2.05, 4.69) is 31.3 Å². The van der Waals surface area contributed by atoms with Gasteiger partial charge in [0.2, 0.25) is 5.56 Å². The van der Waals surface area contributed by atoms with Gasteiger partial charge in [-0.1, -0.05) is 44.2 Å². The molecule has 19 heavy (non-hydrogen) atoms. The van der Waals surface area contributed by atoms with E-state index in [9.17, 15) is 4.79 Å². The summed E-state index contributed by atoms with van der Waals surface area (Å²) in [6.07, 6.45) is 1.83. The molecule has 3 heteroatoms. The number of aromatic nitrogens is 1. The van der Waals surface area contributed by atoms with Crippen LogP contribution in [0.15, 0.2) is 53.5 Å². The number of hydrogen-bond donors (Lipinski definition) is 1. The highest BCUT2D eigenvalue weighted by Gasteiger charge is 2.15. The first-order valence-electron chi connectivity index (χ1n) is 6.56. The third-order valence-electron chi connectivity index (χ3n) is 3.23. The maximum atomic E-state index is 11.4. The second-order valence-electron chi connectivity index (χ2n) is 5.14. The summed E-state index contributed by atoms with van der Waals surface area (Å²) in [6, 6.07) is 14.0. The summed E-state index contributed by atoms with van der Waals surface area (Å²) in [6.45, 7) is 4.37. The Morgan fingerprint density at radius 2 is 1.74 bits per heavy atom. The van der Waals surface area contributed by atoms with Crippen LogP contribution in [0.3, 0.4) is 0 Å². The lowest BCUT2D eigenvalue weighted by Gasteiger charge is -2.24.